The Hall–Kier alpha value is -1.91. The number of sulfonamides is 1. The normalized spacial score (nSPS) is 17.3. The van der Waals surface area contributed by atoms with Crippen LogP contribution in [0.4, 0.5) is 0 Å². The van der Waals surface area contributed by atoms with Gasteiger partial charge in [0.15, 0.2) is 0 Å². The number of piperidine rings is 1. The number of nitriles is 1. The summed E-state index contributed by atoms with van der Waals surface area (Å²) in [5, 5.41) is 17.7. The van der Waals surface area contributed by atoms with Crippen LogP contribution in [0.25, 0.3) is 0 Å². The maximum atomic E-state index is 12.3. The Bertz CT molecular complexity index is 670. The van der Waals surface area contributed by atoms with Crippen molar-refractivity contribution in [2.45, 2.75) is 18.6 Å². The molecule has 7 heteroatoms. The molecule has 1 aromatic carbocycles. The molecule has 1 aliphatic heterocycles. The van der Waals surface area contributed by atoms with Crippen LogP contribution in [0.1, 0.15) is 24.0 Å². The average molecular weight is 308 g/mol. The van der Waals surface area contributed by atoms with E-state index in [0.29, 0.717) is 24.0 Å². The zero-order chi connectivity index (χ0) is 15.5. The Balaban J connectivity index is 2.06. The number of carbonyl (C=O) groups is 1. The molecule has 6 nitrogen and oxygen atoms in total. The quantitative estimate of drug-likeness (QED) is 0.900. The summed E-state index contributed by atoms with van der Waals surface area (Å²) in [6.07, 6.45) is 0.680. The van der Waals surface area contributed by atoms with Crippen LogP contribution in [-0.2, 0) is 20.6 Å². The van der Waals surface area contributed by atoms with E-state index in [1.54, 1.807) is 24.3 Å². The van der Waals surface area contributed by atoms with E-state index >= 15 is 0 Å². The van der Waals surface area contributed by atoms with Crippen molar-refractivity contribution in [3.8, 4) is 6.07 Å². The van der Waals surface area contributed by atoms with Crippen LogP contribution in [0.2, 0.25) is 0 Å². The van der Waals surface area contributed by atoms with E-state index in [2.05, 4.69) is 0 Å². The molecule has 1 saturated heterocycles. The molecule has 0 saturated carbocycles. The molecule has 0 aromatic heterocycles. The van der Waals surface area contributed by atoms with E-state index in [9.17, 15) is 13.2 Å². The molecule has 0 bridgehead atoms. The summed E-state index contributed by atoms with van der Waals surface area (Å²) in [6, 6.07) is 8.48. The molecule has 1 aliphatic rings. The van der Waals surface area contributed by atoms with Gasteiger partial charge in [-0.15, -0.1) is 0 Å². The molecule has 0 amide bonds. The standard InChI is InChI=1S/C14H16N2O4S/c15-9-11-2-1-3-12(8-11)10-21(19,20)16-6-4-13(5-7-16)14(17)18/h1-3,8,13H,4-7,10H2,(H,17,18). The summed E-state index contributed by atoms with van der Waals surface area (Å²) in [5.41, 5.74) is 0.988. The van der Waals surface area contributed by atoms with Gasteiger partial charge in [-0.05, 0) is 30.5 Å². The molecular formula is C14H16N2O4S. The first-order valence-electron chi connectivity index (χ1n) is 6.62. The number of carboxylic acids is 1. The molecule has 0 spiro atoms. The Morgan fingerprint density at radius 2 is 2.05 bits per heavy atom. The highest BCUT2D eigenvalue weighted by atomic mass is 32.2. The number of rotatable bonds is 4. The third-order valence-electron chi connectivity index (χ3n) is 3.60. The first-order chi connectivity index (χ1) is 9.92. The minimum atomic E-state index is -3.48. The first-order valence-corrected chi connectivity index (χ1v) is 8.23. The summed E-state index contributed by atoms with van der Waals surface area (Å²) in [4.78, 5) is 10.9. The molecule has 112 valence electrons. The Morgan fingerprint density at radius 1 is 1.38 bits per heavy atom. The second-order valence-electron chi connectivity index (χ2n) is 5.08. The fraction of sp³-hybridized carbons (Fsp3) is 0.429. The van der Waals surface area contributed by atoms with Gasteiger partial charge in [-0.25, -0.2) is 12.7 Å². The van der Waals surface area contributed by atoms with E-state index in [-0.39, 0.29) is 18.8 Å². The Kier molecular flexibility index (Phi) is 4.60. The molecule has 0 atom stereocenters. The molecule has 1 heterocycles. The lowest BCUT2D eigenvalue weighted by molar-refractivity contribution is -0.142. The Labute approximate surface area is 123 Å². The van der Waals surface area contributed by atoms with Gasteiger partial charge in [-0.3, -0.25) is 4.79 Å². The van der Waals surface area contributed by atoms with Crippen molar-refractivity contribution in [3.05, 3.63) is 35.4 Å². The van der Waals surface area contributed by atoms with Gasteiger partial charge < -0.3 is 5.11 Å². The predicted octanol–water partition coefficient (Wildman–Crippen LogP) is 1.18. The van der Waals surface area contributed by atoms with Gasteiger partial charge in [0.05, 0.1) is 23.3 Å². The zero-order valence-electron chi connectivity index (χ0n) is 11.4. The lowest BCUT2D eigenvalue weighted by Crippen LogP contribution is -2.40. The molecule has 1 N–H and O–H groups in total. The molecule has 0 aliphatic carbocycles. The van der Waals surface area contributed by atoms with Gasteiger partial charge in [-0.1, -0.05) is 12.1 Å². The van der Waals surface area contributed by atoms with Crippen molar-refractivity contribution in [2.24, 2.45) is 5.92 Å². The van der Waals surface area contributed by atoms with Crippen LogP contribution < -0.4 is 0 Å². The van der Waals surface area contributed by atoms with E-state index < -0.39 is 21.9 Å². The summed E-state index contributed by atoms with van der Waals surface area (Å²) < 4.78 is 26.0. The fourth-order valence-corrected chi connectivity index (χ4v) is 3.96. The molecule has 2 rings (SSSR count). The van der Waals surface area contributed by atoms with E-state index in [0.717, 1.165) is 0 Å². The molecule has 21 heavy (non-hydrogen) atoms. The van der Waals surface area contributed by atoms with Crippen LogP contribution in [0.15, 0.2) is 24.3 Å². The molecular weight excluding hydrogens is 292 g/mol. The molecule has 0 unspecified atom stereocenters. The molecule has 0 radical (unpaired) electrons. The highest BCUT2D eigenvalue weighted by molar-refractivity contribution is 7.88. The van der Waals surface area contributed by atoms with Gasteiger partial charge in [-0.2, -0.15) is 5.26 Å². The van der Waals surface area contributed by atoms with Crippen molar-refractivity contribution < 1.29 is 18.3 Å². The van der Waals surface area contributed by atoms with E-state index in [4.69, 9.17) is 10.4 Å². The number of carboxylic acid groups (broad SMARTS) is 1. The monoisotopic (exact) mass is 308 g/mol. The third-order valence-corrected chi connectivity index (χ3v) is 5.45. The van der Waals surface area contributed by atoms with Gasteiger partial charge in [0.25, 0.3) is 0 Å². The highest BCUT2D eigenvalue weighted by Gasteiger charge is 2.30. The summed E-state index contributed by atoms with van der Waals surface area (Å²) in [5.74, 6) is -1.49. The minimum Gasteiger partial charge on any atom is -0.481 e. The minimum absolute atomic E-state index is 0.166. The number of hydrogen-bond donors (Lipinski definition) is 1. The SMILES string of the molecule is N#Cc1cccc(CS(=O)(=O)N2CCC(C(=O)O)CC2)c1. The van der Waals surface area contributed by atoms with E-state index in [1.807, 2.05) is 6.07 Å². The summed E-state index contributed by atoms with van der Waals surface area (Å²) in [7, 11) is -3.48. The maximum absolute atomic E-state index is 12.3. The highest BCUT2D eigenvalue weighted by Crippen LogP contribution is 2.22. The maximum Gasteiger partial charge on any atom is 0.306 e. The van der Waals surface area contributed by atoms with Gasteiger partial charge in [0, 0.05) is 13.1 Å². The van der Waals surface area contributed by atoms with Crippen LogP contribution in [0, 0.1) is 17.2 Å². The van der Waals surface area contributed by atoms with Gasteiger partial charge in [0.2, 0.25) is 10.0 Å². The Morgan fingerprint density at radius 3 is 2.62 bits per heavy atom. The van der Waals surface area contributed by atoms with Gasteiger partial charge in [0.1, 0.15) is 0 Å². The number of benzene rings is 1. The second-order valence-corrected chi connectivity index (χ2v) is 7.05. The summed E-state index contributed by atoms with van der Waals surface area (Å²) in [6.45, 7) is 0.467. The second kappa shape index (κ2) is 6.24. The van der Waals surface area contributed by atoms with Crippen molar-refractivity contribution in [1.82, 2.24) is 4.31 Å². The van der Waals surface area contributed by atoms with Gasteiger partial charge >= 0.3 is 5.97 Å². The topological polar surface area (TPSA) is 98.5 Å². The number of nitrogens with zero attached hydrogens (tertiary/aromatic N) is 2. The average Bonchev–Trinajstić information content (AvgIpc) is 2.47. The van der Waals surface area contributed by atoms with Crippen LogP contribution in [-0.4, -0.2) is 36.9 Å². The molecule has 1 fully saturated rings. The molecule has 1 aromatic rings. The van der Waals surface area contributed by atoms with Crippen molar-refractivity contribution in [1.29, 1.82) is 5.26 Å². The predicted molar refractivity (Wildman–Crippen MR) is 75.7 cm³/mol. The van der Waals surface area contributed by atoms with Crippen LogP contribution in [0.3, 0.4) is 0 Å². The van der Waals surface area contributed by atoms with Crippen molar-refractivity contribution >= 4 is 16.0 Å². The first kappa shape index (κ1) is 15.5. The van der Waals surface area contributed by atoms with Crippen LogP contribution in [0.5, 0.6) is 0 Å². The van der Waals surface area contributed by atoms with Crippen molar-refractivity contribution in [3.63, 3.8) is 0 Å². The number of hydrogen-bond acceptors (Lipinski definition) is 4. The lowest BCUT2D eigenvalue weighted by atomic mass is 9.99. The van der Waals surface area contributed by atoms with E-state index in [1.165, 1.54) is 4.31 Å². The fourth-order valence-electron chi connectivity index (χ4n) is 2.41. The zero-order valence-corrected chi connectivity index (χ0v) is 12.2. The van der Waals surface area contributed by atoms with Crippen LogP contribution >= 0.6 is 0 Å². The third kappa shape index (κ3) is 3.80. The smallest absolute Gasteiger partial charge is 0.306 e. The summed E-state index contributed by atoms with van der Waals surface area (Å²) >= 11 is 0. The van der Waals surface area contributed by atoms with Crippen molar-refractivity contribution in [2.75, 3.05) is 13.1 Å². The largest absolute Gasteiger partial charge is 0.481 e. The number of aliphatic carboxylic acids is 1. The lowest BCUT2D eigenvalue weighted by Gasteiger charge is -2.29.